The molecule has 1 aliphatic heterocycles. The number of ether oxygens (including phenoxy) is 1. The summed E-state index contributed by atoms with van der Waals surface area (Å²) in [7, 11) is 0. The van der Waals surface area contributed by atoms with Crippen molar-refractivity contribution in [2.24, 2.45) is 0 Å². The fraction of sp³-hybridized carbons (Fsp3) is 0.500. The van der Waals surface area contributed by atoms with Gasteiger partial charge in [0.25, 0.3) is 5.91 Å². The number of hydrogen-bond acceptors (Lipinski definition) is 4. The molecule has 0 radical (unpaired) electrons. The van der Waals surface area contributed by atoms with E-state index in [2.05, 4.69) is 5.32 Å². The van der Waals surface area contributed by atoms with Crippen LogP contribution in [-0.4, -0.2) is 42.9 Å². The van der Waals surface area contributed by atoms with Gasteiger partial charge in [-0.25, -0.2) is 0 Å². The molecule has 110 valence electrons. The predicted octanol–water partition coefficient (Wildman–Crippen LogP) is 1.42. The fourth-order valence-electron chi connectivity index (χ4n) is 2.02. The van der Waals surface area contributed by atoms with Gasteiger partial charge in [-0.2, -0.15) is 0 Å². The Labute approximate surface area is 123 Å². The molecule has 0 saturated heterocycles. The number of rotatable bonds is 5. The number of aliphatic hydroxyl groups excluding tert-OH is 1. The molecule has 1 aliphatic rings. The fourth-order valence-corrected chi connectivity index (χ4v) is 2.19. The van der Waals surface area contributed by atoms with Crippen LogP contribution in [0.2, 0.25) is 5.02 Å². The van der Waals surface area contributed by atoms with Gasteiger partial charge in [0.05, 0.1) is 18.3 Å². The SMILES string of the molecule is CC(C)NCC(O)CN1C(=O)COc2ccc(Cl)cc21. The van der Waals surface area contributed by atoms with Crippen LogP contribution in [-0.2, 0) is 4.79 Å². The molecular weight excluding hydrogens is 280 g/mol. The minimum absolute atomic E-state index is 0.0149. The number of nitrogens with one attached hydrogen (secondary N) is 1. The second-order valence-corrected chi connectivity index (χ2v) is 5.56. The quantitative estimate of drug-likeness (QED) is 0.863. The van der Waals surface area contributed by atoms with Crippen molar-refractivity contribution in [3.05, 3.63) is 23.2 Å². The number of hydrogen-bond donors (Lipinski definition) is 2. The summed E-state index contributed by atoms with van der Waals surface area (Å²) in [6.45, 7) is 4.63. The molecule has 6 heteroatoms. The molecule has 1 atom stereocenters. The van der Waals surface area contributed by atoms with E-state index in [1.807, 2.05) is 13.8 Å². The molecule has 5 nitrogen and oxygen atoms in total. The molecule has 0 aromatic heterocycles. The van der Waals surface area contributed by atoms with E-state index in [1.165, 1.54) is 4.90 Å². The number of carbonyl (C=O) groups excluding carboxylic acids is 1. The zero-order chi connectivity index (χ0) is 14.7. The molecule has 1 aromatic carbocycles. The minimum atomic E-state index is -0.647. The van der Waals surface area contributed by atoms with Crippen molar-refractivity contribution in [2.75, 3.05) is 24.6 Å². The minimum Gasteiger partial charge on any atom is -0.482 e. The van der Waals surface area contributed by atoms with Gasteiger partial charge in [-0.1, -0.05) is 25.4 Å². The van der Waals surface area contributed by atoms with Crippen molar-refractivity contribution in [3.63, 3.8) is 0 Å². The molecule has 0 fully saturated rings. The van der Waals surface area contributed by atoms with Crippen LogP contribution in [0.5, 0.6) is 5.75 Å². The monoisotopic (exact) mass is 298 g/mol. The average molecular weight is 299 g/mol. The topological polar surface area (TPSA) is 61.8 Å². The van der Waals surface area contributed by atoms with Crippen LogP contribution in [0, 0.1) is 0 Å². The molecular formula is C14H19ClN2O3. The van der Waals surface area contributed by atoms with Gasteiger partial charge in [-0.05, 0) is 18.2 Å². The summed E-state index contributed by atoms with van der Waals surface area (Å²) in [6, 6.07) is 5.41. The van der Waals surface area contributed by atoms with Gasteiger partial charge >= 0.3 is 0 Å². The van der Waals surface area contributed by atoms with Gasteiger partial charge in [0.1, 0.15) is 5.75 Å². The molecule has 0 aliphatic carbocycles. The third kappa shape index (κ3) is 3.62. The number of amides is 1. The highest BCUT2D eigenvalue weighted by atomic mass is 35.5. The van der Waals surface area contributed by atoms with E-state index in [-0.39, 0.29) is 25.1 Å². The van der Waals surface area contributed by atoms with Gasteiger partial charge in [0.15, 0.2) is 6.61 Å². The zero-order valence-corrected chi connectivity index (χ0v) is 12.4. The Morgan fingerprint density at radius 2 is 2.25 bits per heavy atom. The molecule has 0 bridgehead atoms. The van der Waals surface area contributed by atoms with E-state index >= 15 is 0 Å². The lowest BCUT2D eigenvalue weighted by molar-refractivity contribution is -0.121. The van der Waals surface area contributed by atoms with E-state index in [4.69, 9.17) is 16.3 Å². The van der Waals surface area contributed by atoms with Crippen molar-refractivity contribution in [2.45, 2.75) is 26.0 Å². The number of fused-ring (bicyclic) bond motifs is 1. The first-order valence-corrected chi connectivity index (χ1v) is 6.99. The van der Waals surface area contributed by atoms with Gasteiger partial charge in [0, 0.05) is 17.6 Å². The lowest BCUT2D eigenvalue weighted by Crippen LogP contribution is -2.46. The highest BCUT2D eigenvalue weighted by molar-refractivity contribution is 6.31. The summed E-state index contributed by atoms with van der Waals surface area (Å²) in [5.74, 6) is 0.432. The van der Waals surface area contributed by atoms with Gasteiger partial charge in [-0.15, -0.1) is 0 Å². The summed E-state index contributed by atoms with van der Waals surface area (Å²) in [4.78, 5) is 13.5. The third-order valence-corrected chi connectivity index (χ3v) is 3.25. The van der Waals surface area contributed by atoms with Crippen molar-refractivity contribution in [1.82, 2.24) is 5.32 Å². The lowest BCUT2D eigenvalue weighted by Gasteiger charge is -2.31. The molecule has 1 aromatic rings. The first-order valence-electron chi connectivity index (χ1n) is 6.61. The van der Waals surface area contributed by atoms with E-state index in [1.54, 1.807) is 18.2 Å². The molecule has 2 rings (SSSR count). The smallest absolute Gasteiger partial charge is 0.265 e. The molecule has 1 amide bonds. The number of carbonyl (C=O) groups is 1. The Balaban J connectivity index is 2.11. The Hall–Kier alpha value is -1.30. The van der Waals surface area contributed by atoms with Crippen LogP contribution in [0.15, 0.2) is 18.2 Å². The van der Waals surface area contributed by atoms with E-state index in [9.17, 15) is 9.90 Å². The van der Waals surface area contributed by atoms with Crippen LogP contribution in [0.4, 0.5) is 5.69 Å². The predicted molar refractivity (Wildman–Crippen MR) is 78.4 cm³/mol. The third-order valence-electron chi connectivity index (χ3n) is 3.02. The number of aliphatic hydroxyl groups is 1. The largest absolute Gasteiger partial charge is 0.482 e. The molecule has 1 heterocycles. The van der Waals surface area contributed by atoms with Crippen molar-refractivity contribution >= 4 is 23.2 Å². The average Bonchev–Trinajstić information content (AvgIpc) is 2.40. The van der Waals surface area contributed by atoms with Crippen LogP contribution < -0.4 is 15.0 Å². The van der Waals surface area contributed by atoms with E-state index < -0.39 is 6.10 Å². The summed E-state index contributed by atoms with van der Waals surface area (Å²) < 4.78 is 5.35. The van der Waals surface area contributed by atoms with Crippen LogP contribution >= 0.6 is 11.6 Å². The Bertz CT molecular complexity index is 493. The van der Waals surface area contributed by atoms with E-state index in [0.29, 0.717) is 23.0 Å². The molecule has 0 spiro atoms. The number of halogens is 1. The summed E-state index contributed by atoms with van der Waals surface area (Å²) in [5, 5.41) is 13.7. The Morgan fingerprint density at radius 3 is 2.95 bits per heavy atom. The molecule has 0 saturated carbocycles. The van der Waals surface area contributed by atoms with Crippen molar-refractivity contribution in [1.29, 1.82) is 0 Å². The first-order chi connectivity index (χ1) is 9.47. The second kappa shape index (κ2) is 6.43. The lowest BCUT2D eigenvalue weighted by atomic mass is 10.2. The van der Waals surface area contributed by atoms with E-state index in [0.717, 1.165) is 0 Å². The highest BCUT2D eigenvalue weighted by Crippen LogP contribution is 2.34. The summed E-state index contributed by atoms with van der Waals surface area (Å²) >= 11 is 5.96. The van der Waals surface area contributed by atoms with Crippen molar-refractivity contribution in [3.8, 4) is 5.75 Å². The maximum absolute atomic E-state index is 12.0. The highest BCUT2D eigenvalue weighted by Gasteiger charge is 2.27. The van der Waals surface area contributed by atoms with Crippen LogP contribution in [0.25, 0.3) is 0 Å². The first kappa shape index (κ1) is 15.1. The molecule has 1 unspecified atom stereocenters. The van der Waals surface area contributed by atoms with Gasteiger partial charge in [-0.3, -0.25) is 4.79 Å². The zero-order valence-electron chi connectivity index (χ0n) is 11.6. The Morgan fingerprint density at radius 1 is 1.50 bits per heavy atom. The number of benzene rings is 1. The standard InChI is InChI=1S/C14H19ClN2O3/c1-9(2)16-6-11(18)7-17-12-5-10(15)3-4-13(12)20-8-14(17)19/h3-5,9,11,16,18H,6-8H2,1-2H3. The molecule has 2 N–H and O–H groups in total. The van der Waals surface area contributed by atoms with Crippen LogP contribution in [0.3, 0.4) is 0 Å². The summed E-state index contributed by atoms with van der Waals surface area (Å²) in [6.07, 6.45) is -0.647. The summed E-state index contributed by atoms with van der Waals surface area (Å²) in [5.41, 5.74) is 0.609. The van der Waals surface area contributed by atoms with Crippen LogP contribution in [0.1, 0.15) is 13.8 Å². The maximum Gasteiger partial charge on any atom is 0.265 e. The van der Waals surface area contributed by atoms with Gasteiger partial charge in [0.2, 0.25) is 0 Å². The Kier molecular flexibility index (Phi) is 4.86. The number of anilines is 1. The second-order valence-electron chi connectivity index (χ2n) is 5.12. The molecule has 20 heavy (non-hydrogen) atoms. The normalized spacial score (nSPS) is 16.1. The van der Waals surface area contributed by atoms with Gasteiger partial charge < -0.3 is 20.1 Å². The van der Waals surface area contributed by atoms with Crippen molar-refractivity contribution < 1.29 is 14.6 Å². The number of nitrogens with zero attached hydrogens (tertiary/aromatic N) is 1. The number of β-amino-alcohol motifs (C(OH)–C–C–N with tert-alkyl or cyclic N) is 1. The maximum atomic E-state index is 12.0.